The summed E-state index contributed by atoms with van der Waals surface area (Å²) in [5.74, 6) is 1.77. The molecule has 0 bridgehead atoms. The number of aryl methyl sites for hydroxylation is 1. The van der Waals surface area contributed by atoms with Gasteiger partial charge in [0.05, 0.1) is 18.9 Å². The number of hydrogen-bond acceptors (Lipinski definition) is 4. The van der Waals surface area contributed by atoms with Crippen LogP contribution >= 0.6 is 15.9 Å². The SMILES string of the molecule is COc1ccc(C2=NN3[C@H](C2)c2cc(Br)ccc2O[C@@H]3c2ccc(C)cc2)cc1. The Morgan fingerprint density at radius 1 is 1.03 bits per heavy atom. The lowest BCUT2D eigenvalue weighted by Crippen LogP contribution is -2.33. The number of methoxy groups -OCH3 is 1. The topological polar surface area (TPSA) is 34.1 Å². The van der Waals surface area contributed by atoms with Gasteiger partial charge in [-0.05, 0) is 55.0 Å². The lowest BCUT2D eigenvalue weighted by Gasteiger charge is -2.38. The molecule has 4 nitrogen and oxygen atoms in total. The summed E-state index contributed by atoms with van der Waals surface area (Å²) in [5, 5.41) is 7.12. The summed E-state index contributed by atoms with van der Waals surface area (Å²) in [6.45, 7) is 2.09. The van der Waals surface area contributed by atoms with E-state index in [-0.39, 0.29) is 12.3 Å². The van der Waals surface area contributed by atoms with Crippen molar-refractivity contribution in [1.82, 2.24) is 5.01 Å². The van der Waals surface area contributed by atoms with E-state index in [2.05, 4.69) is 70.3 Å². The Morgan fingerprint density at radius 2 is 1.79 bits per heavy atom. The highest BCUT2D eigenvalue weighted by Crippen LogP contribution is 2.48. The van der Waals surface area contributed by atoms with Gasteiger partial charge in [-0.15, -0.1) is 0 Å². The number of nitrogens with zero attached hydrogens (tertiary/aromatic N) is 2. The number of halogens is 1. The van der Waals surface area contributed by atoms with E-state index in [1.54, 1.807) is 7.11 Å². The minimum absolute atomic E-state index is 0.139. The summed E-state index contributed by atoms with van der Waals surface area (Å²) < 4.78 is 12.8. The average Bonchev–Trinajstić information content (AvgIpc) is 3.20. The maximum atomic E-state index is 6.43. The standard InChI is InChI=1S/C24H21BrN2O2/c1-15-3-5-17(6-4-15)24-27-22(20-13-18(25)9-12-23(20)29-24)14-21(26-27)16-7-10-19(28-2)11-8-16/h3-13,22,24H,14H2,1-2H3/t22-,24-/m1/s1. The van der Waals surface area contributed by atoms with Crippen LogP contribution in [0.5, 0.6) is 11.5 Å². The lowest BCUT2D eigenvalue weighted by atomic mass is 9.96. The Morgan fingerprint density at radius 3 is 2.52 bits per heavy atom. The van der Waals surface area contributed by atoms with Crippen molar-refractivity contribution in [2.45, 2.75) is 25.6 Å². The number of rotatable bonds is 3. The summed E-state index contributed by atoms with van der Waals surface area (Å²) in [6.07, 6.45) is 0.589. The molecular weight excluding hydrogens is 428 g/mol. The van der Waals surface area contributed by atoms with Crippen molar-refractivity contribution >= 4 is 21.6 Å². The van der Waals surface area contributed by atoms with Crippen molar-refractivity contribution < 1.29 is 9.47 Å². The normalized spacial score (nSPS) is 19.8. The minimum atomic E-state index is -0.245. The van der Waals surface area contributed by atoms with Gasteiger partial charge in [0.2, 0.25) is 6.23 Å². The molecule has 0 radical (unpaired) electrons. The Hall–Kier alpha value is -2.79. The van der Waals surface area contributed by atoms with Gasteiger partial charge in [-0.25, -0.2) is 5.01 Å². The molecule has 0 aromatic heterocycles. The minimum Gasteiger partial charge on any atom is -0.497 e. The summed E-state index contributed by atoms with van der Waals surface area (Å²) in [6, 6.07) is 22.9. The third kappa shape index (κ3) is 3.29. The third-order valence-electron chi connectivity index (χ3n) is 5.54. The quantitative estimate of drug-likeness (QED) is 0.491. The largest absolute Gasteiger partial charge is 0.497 e. The molecule has 0 unspecified atom stereocenters. The predicted molar refractivity (Wildman–Crippen MR) is 117 cm³/mol. The predicted octanol–water partition coefficient (Wildman–Crippen LogP) is 6.01. The number of hydrazone groups is 1. The van der Waals surface area contributed by atoms with Crippen LogP contribution in [0, 0.1) is 6.92 Å². The lowest BCUT2D eigenvalue weighted by molar-refractivity contribution is -0.0190. The van der Waals surface area contributed by atoms with Crippen LogP contribution in [-0.4, -0.2) is 17.8 Å². The first-order chi connectivity index (χ1) is 14.1. The van der Waals surface area contributed by atoms with Crippen LogP contribution in [-0.2, 0) is 0 Å². The fraction of sp³-hybridized carbons (Fsp3) is 0.208. The fourth-order valence-corrected chi connectivity index (χ4v) is 4.35. The molecule has 29 heavy (non-hydrogen) atoms. The Balaban J connectivity index is 1.57. The van der Waals surface area contributed by atoms with Crippen LogP contribution < -0.4 is 9.47 Å². The zero-order valence-corrected chi connectivity index (χ0v) is 17.9. The molecule has 0 aliphatic carbocycles. The summed E-state index contributed by atoms with van der Waals surface area (Å²) >= 11 is 3.61. The molecule has 0 spiro atoms. The van der Waals surface area contributed by atoms with Gasteiger partial charge >= 0.3 is 0 Å². The van der Waals surface area contributed by atoms with Crippen molar-refractivity contribution in [3.8, 4) is 11.5 Å². The second-order valence-corrected chi connectivity index (χ2v) is 8.35. The molecule has 0 saturated carbocycles. The summed E-state index contributed by atoms with van der Waals surface area (Å²) in [4.78, 5) is 0. The Bertz CT molecular complexity index is 1080. The van der Waals surface area contributed by atoms with Crippen molar-refractivity contribution in [3.05, 3.63) is 93.5 Å². The fourth-order valence-electron chi connectivity index (χ4n) is 3.97. The van der Waals surface area contributed by atoms with Crippen LogP contribution in [0.1, 0.15) is 40.9 Å². The molecule has 5 heteroatoms. The molecule has 3 aromatic carbocycles. The van der Waals surface area contributed by atoms with Crippen LogP contribution in [0.15, 0.2) is 76.3 Å². The van der Waals surface area contributed by atoms with E-state index in [0.717, 1.165) is 44.8 Å². The molecule has 2 atom stereocenters. The van der Waals surface area contributed by atoms with Crippen molar-refractivity contribution in [1.29, 1.82) is 0 Å². The molecule has 0 amide bonds. The molecule has 5 rings (SSSR count). The average molecular weight is 449 g/mol. The van der Waals surface area contributed by atoms with Gasteiger partial charge in [-0.3, -0.25) is 0 Å². The van der Waals surface area contributed by atoms with Crippen molar-refractivity contribution in [2.75, 3.05) is 7.11 Å². The first kappa shape index (κ1) is 18.3. The van der Waals surface area contributed by atoms with Gasteiger partial charge in [0, 0.05) is 22.0 Å². The van der Waals surface area contributed by atoms with E-state index < -0.39 is 0 Å². The molecule has 0 fully saturated rings. The van der Waals surface area contributed by atoms with E-state index in [9.17, 15) is 0 Å². The maximum Gasteiger partial charge on any atom is 0.213 e. The van der Waals surface area contributed by atoms with E-state index >= 15 is 0 Å². The summed E-state index contributed by atoms with van der Waals surface area (Å²) in [7, 11) is 1.68. The zero-order valence-electron chi connectivity index (χ0n) is 16.3. The molecule has 3 aromatic rings. The van der Waals surface area contributed by atoms with E-state index in [1.807, 2.05) is 24.3 Å². The van der Waals surface area contributed by atoms with Gasteiger partial charge < -0.3 is 9.47 Å². The van der Waals surface area contributed by atoms with Crippen LogP contribution in [0.3, 0.4) is 0 Å². The first-order valence-corrected chi connectivity index (χ1v) is 10.4. The van der Waals surface area contributed by atoms with E-state index in [4.69, 9.17) is 14.6 Å². The maximum absolute atomic E-state index is 6.43. The number of benzene rings is 3. The Kier molecular flexibility index (Phi) is 4.55. The molecule has 2 aliphatic rings. The number of hydrogen-bond donors (Lipinski definition) is 0. The van der Waals surface area contributed by atoms with Gasteiger partial charge in [0.15, 0.2) is 0 Å². The smallest absolute Gasteiger partial charge is 0.213 e. The highest BCUT2D eigenvalue weighted by atomic mass is 79.9. The Labute approximate surface area is 178 Å². The van der Waals surface area contributed by atoms with Crippen LogP contribution in [0.25, 0.3) is 0 Å². The second-order valence-electron chi connectivity index (χ2n) is 7.44. The van der Waals surface area contributed by atoms with E-state index in [0.29, 0.717) is 0 Å². The van der Waals surface area contributed by atoms with E-state index in [1.165, 1.54) is 5.56 Å². The van der Waals surface area contributed by atoms with Crippen molar-refractivity contribution in [3.63, 3.8) is 0 Å². The summed E-state index contributed by atoms with van der Waals surface area (Å²) in [5.41, 5.74) is 5.67. The van der Waals surface area contributed by atoms with Crippen LogP contribution in [0.2, 0.25) is 0 Å². The number of fused-ring (bicyclic) bond motifs is 3. The zero-order chi connectivity index (χ0) is 20.0. The van der Waals surface area contributed by atoms with Gasteiger partial charge in [0.25, 0.3) is 0 Å². The molecule has 2 aliphatic heterocycles. The highest BCUT2D eigenvalue weighted by Gasteiger charge is 2.41. The monoisotopic (exact) mass is 448 g/mol. The molecule has 0 saturated heterocycles. The van der Waals surface area contributed by atoms with Gasteiger partial charge in [-0.2, -0.15) is 5.10 Å². The molecule has 0 N–H and O–H groups in total. The third-order valence-corrected chi connectivity index (χ3v) is 6.03. The van der Waals surface area contributed by atoms with Gasteiger partial charge in [0.1, 0.15) is 11.5 Å². The highest BCUT2D eigenvalue weighted by molar-refractivity contribution is 9.10. The molecular formula is C24H21BrN2O2. The molecule has 2 heterocycles. The van der Waals surface area contributed by atoms with Crippen molar-refractivity contribution in [2.24, 2.45) is 5.10 Å². The number of ether oxygens (including phenoxy) is 2. The molecule has 146 valence electrons. The second kappa shape index (κ2) is 7.23. The van der Waals surface area contributed by atoms with Crippen LogP contribution in [0.4, 0.5) is 0 Å². The van der Waals surface area contributed by atoms with Gasteiger partial charge in [-0.1, -0.05) is 45.8 Å². The first-order valence-electron chi connectivity index (χ1n) is 9.65.